The molecule has 1 unspecified atom stereocenters. The van der Waals surface area contributed by atoms with E-state index in [-0.39, 0.29) is 11.2 Å². The summed E-state index contributed by atoms with van der Waals surface area (Å²) in [6.07, 6.45) is 1.66. The van der Waals surface area contributed by atoms with Gasteiger partial charge in [0.25, 0.3) is 0 Å². The van der Waals surface area contributed by atoms with E-state index in [1.807, 2.05) is 66.1 Å². The van der Waals surface area contributed by atoms with Crippen molar-refractivity contribution in [2.45, 2.75) is 37.1 Å². The summed E-state index contributed by atoms with van der Waals surface area (Å²) in [6.45, 7) is 6.16. The van der Waals surface area contributed by atoms with Gasteiger partial charge in [-0.05, 0) is 42.7 Å². The zero-order chi connectivity index (χ0) is 18.5. The molecule has 0 aliphatic heterocycles. The third-order valence-corrected chi connectivity index (χ3v) is 5.10. The number of hydrogen-bond acceptors (Lipinski definition) is 4. The highest BCUT2D eigenvalue weighted by molar-refractivity contribution is 8.00. The Morgan fingerprint density at radius 2 is 1.73 bits per heavy atom. The van der Waals surface area contributed by atoms with Gasteiger partial charge in [-0.2, -0.15) is 0 Å². The van der Waals surface area contributed by atoms with Crippen molar-refractivity contribution in [1.29, 1.82) is 0 Å². The molecule has 0 saturated heterocycles. The SMILES string of the molecule is CC(Sc1nncn1-c1ccccc1)C(=O)Nc1ccc(C(C)C)cc1. The minimum Gasteiger partial charge on any atom is -0.325 e. The van der Waals surface area contributed by atoms with Gasteiger partial charge in [-0.1, -0.05) is 55.9 Å². The summed E-state index contributed by atoms with van der Waals surface area (Å²) in [5, 5.41) is 11.5. The molecule has 1 amide bonds. The molecule has 1 N–H and O–H groups in total. The summed E-state index contributed by atoms with van der Waals surface area (Å²) in [5.74, 6) is 0.411. The first-order valence-corrected chi connectivity index (χ1v) is 9.45. The lowest BCUT2D eigenvalue weighted by Crippen LogP contribution is -2.22. The average Bonchev–Trinajstić information content (AvgIpc) is 3.11. The van der Waals surface area contributed by atoms with E-state index in [0.717, 1.165) is 11.4 Å². The zero-order valence-corrected chi connectivity index (χ0v) is 15.9. The Kier molecular flexibility index (Phi) is 5.73. The number of aromatic nitrogens is 3. The maximum atomic E-state index is 12.5. The maximum Gasteiger partial charge on any atom is 0.237 e. The monoisotopic (exact) mass is 366 g/mol. The Hall–Kier alpha value is -2.60. The molecular formula is C20H22N4OS. The Labute approximate surface area is 157 Å². The summed E-state index contributed by atoms with van der Waals surface area (Å²) in [7, 11) is 0. The van der Waals surface area contributed by atoms with Crippen molar-refractivity contribution in [2.75, 3.05) is 5.32 Å². The van der Waals surface area contributed by atoms with Crippen molar-refractivity contribution in [1.82, 2.24) is 14.8 Å². The summed E-state index contributed by atoms with van der Waals surface area (Å²) in [6, 6.07) is 17.8. The minimum atomic E-state index is -0.300. The number of carbonyl (C=O) groups excluding carboxylic acids is 1. The van der Waals surface area contributed by atoms with Gasteiger partial charge < -0.3 is 5.32 Å². The standard InChI is InChI=1S/C20H22N4OS/c1-14(2)16-9-11-17(12-10-16)22-19(25)15(3)26-20-23-21-13-24(20)18-7-5-4-6-8-18/h4-15H,1-3H3,(H,22,25). The molecule has 6 heteroatoms. The van der Waals surface area contributed by atoms with Crippen LogP contribution in [-0.4, -0.2) is 25.9 Å². The highest BCUT2D eigenvalue weighted by Gasteiger charge is 2.18. The van der Waals surface area contributed by atoms with Crippen LogP contribution in [0.2, 0.25) is 0 Å². The predicted octanol–water partition coefficient (Wildman–Crippen LogP) is 4.51. The largest absolute Gasteiger partial charge is 0.325 e. The third-order valence-electron chi connectivity index (χ3n) is 4.05. The predicted molar refractivity (Wildman–Crippen MR) is 106 cm³/mol. The molecule has 0 bridgehead atoms. The van der Waals surface area contributed by atoms with Gasteiger partial charge >= 0.3 is 0 Å². The van der Waals surface area contributed by atoms with Gasteiger partial charge in [-0.25, -0.2) is 0 Å². The first-order valence-electron chi connectivity index (χ1n) is 8.57. The lowest BCUT2D eigenvalue weighted by atomic mass is 10.0. The molecule has 0 spiro atoms. The van der Waals surface area contributed by atoms with Gasteiger partial charge in [0.15, 0.2) is 5.16 Å². The smallest absolute Gasteiger partial charge is 0.237 e. The van der Waals surface area contributed by atoms with Crippen LogP contribution >= 0.6 is 11.8 Å². The molecule has 0 fully saturated rings. The van der Waals surface area contributed by atoms with Gasteiger partial charge in [0.05, 0.1) is 5.25 Å². The number of thioether (sulfide) groups is 1. The first kappa shape index (κ1) is 18.2. The van der Waals surface area contributed by atoms with Crippen molar-refractivity contribution in [3.63, 3.8) is 0 Å². The second kappa shape index (κ2) is 8.19. The molecule has 3 rings (SSSR count). The molecule has 26 heavy (non-hydrogen) atoms. The Morgan fingerprint density at radius 3 is 2.38 bits per heavy atom. The molecule has 0 aliphatic rings. The van der Waals surface area contributed by atoms with Gasteiger partial charge in [-0.3, -0.25) is 9.36 Å². The number of benzene rings is 2. The number of rotatable bonds is 6. The van der Waals surface area contributed by atoms with E-state index in [1.165, 1.54) is 17.3 Å². The Bertz CT molecular complexity index is 859. The summed E-state index contributed by atoms with van der Waals surface area (Å²) in [4.78, 5) is 12.5. The second-order valence-electron chi connectivity index (χ2n) is 6.35. The fourth-order valence-electron chi connectivity index (χ4n) is 2.48. The van der Waals surface area contributed by atoms with E-state index in [9.17, 15) is 4.79 Å². The third kappa shape index (κ3) is 4.32. The summed E-state index contributed by atoms with van der Waals surface area (Å²) >= 11 is 1.38. The van der Waals surface area contributed by atoms with Crippen LogP contribution in [0.5, 0.6) is 0 Å². The van der Waals surface area contributed by atoms with Crippen molar-refractivity contribution < 1.29 is 4.79 Å². The van der Waals surface area contributed by atoms with E-state index in [1.54, 1.807) is 6.33 Å². The fourth-order valence-corrected chi connectivity index (χ4v) is 3.32. The van der Waals surface area contributed by atoms with Crippen LogP contribution in [0.15, 0.2) is 66.1 Å². The zero-order valence-electron chi connectivity index (χ0n) is 15.1. The van der Waals surface area contributed by atoms with Crippen LogP contribution < -0.4 is 5.32 Å². The number of anilines is 1. The molecule has 2 aromatic carbocycles. The van der Waals surface area contributed by atoms with E-state index in [0.29, 0.717) is 11.1 Å². The van der Waals surface area contributed by atoms with Crippen molar-refractivity contribution in [3.05, 3.63) is 66.5 Å². The molecular weight excluding hydrogens is 344 g/mol. The van der Waals surface area contributed by atoms with Gasteiger partial charge in [0, 0.05) is 11.4 Å². The van der Waals surface area contributed by atoms with E-state index in [4.69, 9.17) is 0 Å². The van der Waals surface area contributed by atoms with Crippen LogP contribution in [0, 0.1) is 0 Å². The van der Waals surface area contributed by atoms with Crippen LogP contribution in [0.4, 0.5) is 5.69 Å². The molecule has 0 radical (unpaired) electrons. The number of para-hydroxylation sites is 1. The van der Waals surface area contributed by atoms with Crippen molar-refractivity contribution in [2.24, 2.45) is 0 Å². The molecule has 0 aliphatic carbocycles. The topological polar surface area (TPSA) is 59.8 Å². The van der Waals surface area contributed by atoms with Gasteiger partial charge in [0.1, 0.15) is 6.33 Å². The number of nitrogens with zero attached hydrogens (tertiary/aromatic N) is 3. The fraction of sp³-hybridized carbons (Fsp3) is 0.250. The van der Waals surface area contributed by atoms with E-state index >= 15 is 0 Å². The van der Waals surface area contributed by atoms with Crippen LogP contribution in [0.3, 0.4) is 0 Å². The van der Waals surface area contributed by atoms with Gasteiger partial charge in [-0.15, -0.1) is 10.2 Å². The van der Waals surface area contributed by atoms with Crippen molar-refractivity contribution >= 4 is 23.4 Å². The minimum absolute atomic E-state index is 0.0603. The Morgan fingerprint density at radius 1 is 1.04 bits per heavy atom. The van der Waals surface area contributed by atoms with E-state index < -0.39 is 0 Å². The number of hydrogen-bond donors (Lipinski definition) is 1. The Balaban J connectivity index is 1.66. The number of nitrogens with one attached hydrogen (secondary N) is 1. The number of amides is 1. The normalized spacial score (nSPS) is 12.2. The molecule has 5 nitrogen and oxygen atoms in total. The molecule has 1 heterocycles. The van der Waals surface area contributed by atoms with Gasteiger partial charge in [0.2, 0.25) is 5.91 Å². The second-order valence-corrected chi connectivity index (χ2v) is 7.65. The quantitative estimate of drug-likeness (QED) is 0.652. The van der Waals surface area contributed by atoms with Crippen molar-refractivity contribution in [3.8, 4) is 5.69 Å². The van der Waals surface area contributed by atoms with Crippen LogP contribution in [0.1, 0.15) is 32.3 Å². The lowest BCUT2D eigenvalue weighted by Gasteiger charge is -2.13. The number of carbonyl (C=O) groups is 1. The molecule has 3 aromatic rings. The molecule has 1 aromatic heterocycles. The highest BCUT2D eigenvalue weighted by atomic mass is 32.2. The van der Waals surface area contributed by atoms with Crippen LogP contribution in [-0.2, 0) is 4.79 Å². The first-order chi connectivity index (χ1) is 12.5. The molecule has 134 valence electrons. The highest BCUT2D eigenvalue weighted by Crippen LogP contribution is 2.25. The maximum absolute atomic E-state index is 12.5. The van der Waals surface area contributed by atoms with Crippen LogP contribution in [0.25, 0.3) is 5.69 Å². The summed E-state index contributed by atoms with van der Waals surface area (Å²) < 4.78 is 1.88. The molecule has 0 saturated carbocycles. The average molecular weight is 366 g/mol. The summed E-state index contributed by atoms with van der Waals surface area (Å²) in [5.41, 5.74) is 3.02. The molecule has 1 atom stereocenters. The lowest BCUT2D eigenvalue weighted by molar-refractivity contribution is -0.115. The van der Waals surface area contributed by atoms with E-state index in [2.05, 4.69) is 29.4 Å².